The molecule has 4 nitrogen and oxygen atoms in total. The molecule has 21 heavy (non-hydrogen) atoms. The van der Waals surface area contributed by atoms with Gasteiger partial charge in [-0.25, -0.2) is 4.79 Å². The number of carbonyl (C=O) groups is 1. The number of rotatable bonds is 2. The summed E-state index contributed by atoms with van der Waals surface area (Å²) < 4.78 is 5.45. The van der Waals surface area contributed by atoms with E-state index in [4.69, 9.17) is 4.74 Å². The van der Waals surface area contributed by atoms with Crippen molar-refractivity contribution in [2.24, 2.45) is 5.41 Å². The van der Waals surface area contributed by atoms with Crippen molar-refractivity contribution in [1.29, 1.82) is 0 Å². The van der Waals surface area contributed by atoms with Gasteiger partial charge in [-0.2, -0.15) is 0 Å². The van der Waals surface area contributed by atoms with Crippen LogP contribution in [0.1, 0.15) is 66.7 Å². The molecule has 1 saturated heterocycles. The Morgan fingerprint density at radius 3 is 2.33 bits per heavy atom. The van der Waals surface area contributed by atoms with Crippen LogP contribution in [0.2, 0.25) is 0 Å². The Labute approximate surface area is 129 Å². The fourth-order valence-corrected chi connectivity index (χ4v) is 3.29. The number of nitrogens with zero attached hydrogens (tertiary/aromatic N) is 1. The Morgan fingerprint density at radius 2 is 1.76 bits per heavy atom. The maximum atomic E-state index is 12.1. The zero-order valence-electron chi connectivity index (χ0n) is 14.4. The van der Waals surface area contributed by atoms with Gasteiger partial charge in [-0.15, -0.1) is 0 Å². The summed E-state index contributed by atoms with van der Waals surface area (Å²) in [7, 11) is 0. The Bertz CT molecular complexity index is 363. The van der Waals surface area contributed by atoms with Crippen molar-refractivity contribution in [3.63, 3.8) is 0 Å². The number of amides is 1. The van der Waals surface area contributed by atoms with Crippen LogP contribution in [-0.4, -0.2) is 41.8 Å². The van der Waals surface area contributed by atoms with E-state index in [0.717, 1.165) is 19.5 Å². The highest BCUT2D eigenvalue weighted by Crippen LogP contribution is 2.35. The van der Waals surface area contributed by atoms with E-state index in [1.807, 2.05) is 25.7 Å². The first-order valence-corrected chi connectivity index (χ1v) is 8.39. The lowest BCUT2D eigenvalue weighted by Gasteiger charge is -2.36. The zero-order chi connectivity index (χ0) is 15.7. The highest BCUT2D eigenvalue weighted by molar-refractivity contribution is 5.68. The van der Waals surface area contributed by atoms with Crippen molar-refractivity contribution in [3.8, 4) is 0 Å². The Kier molecular flexibility index (Phi) is 4.86. The Morgan fingerprint density at radius 1 is 1.14 bits per heavy atom. The van der Waals surface area contributed by atoms with Gasteiger partial charge in [-0.1, -0.05) is 13.8 Å². The first kappa shape index (κ1) is 16.6. The molecular weight excluding hydrogens is 264 g/mol. The largest absolute Gasteiger partial charge is 0.444 e. The summed E-state index contributed by atoms with van der Waals surface area (Å²) in [5.74, 6) is 0. The molecule has 1 aliphatic heterocycles. The maximum absolute atomic E-state index is 12.1. The molecule has 1 aliphatic carbocycles. The average molecular weight is 296 g/mol. The minimum absolute atomic E-state index is 0.170. The summed E-state index contributed by atoms with van der Waals surface area (Å²) >= 11 is 0. The zero-order valence-corrected chi connectivity index (χ0v) is 14.4. The molecule has 1 heterocycles. The van der Waals surface area contributed by atoms with Crippen LogP contribution in [0, 0.1) is 5.41 Å². The van der Waals surface area contributed by atoms with Crippen molar-refractivity contribution in [2.45, 2.75) is 84.4 Å². The van der Waals surface area contributed by atoms with Crippen molar-refractivity contribution in [3.05, 3.63) is 0 Å². The molecule has 2 aliphatic rings. The molecule has 1 N–H and O–H groups in total. The number of hydrogen-bond donors (Lipinski definition) is 1. The second kappa shape index (κ2) is 6.15. The molecule has 2 rings (SSSR count). The standard InChI is InChI=1S/C17H32N2O2/c1-16(2,3)21-15(20)19-11-8-14(12-19)18-13-6-9-17(4,5)10-7-13/h13-14,18H,6-12H2,1-5H3/t14-/m0/s1. The lowest BCUT2D eigenvalue weighted by atomic mass is 9.75. The molecule has 4 heteroatoms. The molecule has 0 radical (unpaired) electrons. The number of likely N-dealkylation sites (tertiary alicyclic amines) is 1. The van der Waals surface area contributed by atoms with E-state index in [9.17, 15) is 4.79 Å². The monoisotopic (exact) mass is 296 g/mol. The predicted molar refractivity (Wildman–Crippen MR) is 85.4 cm³/mol. The minimum Gasteiger partial charge on any atom is -0.444 e. The fourth-order valence-electron chi connectivity index (χ4n) is 3.29. The van der Waals surface area contributed by atoms with Gasteiger partial charge in [0.05, 0.1) is 0 Å². The van der Waals surface area contributed by atoms with Gasteiger partial charge >= 0.3 is 6.09 Å². The normalized spacial score (nSPS) is 26.9. The van der Waals surface area contributed by atoms with Gasteiger partial charge in [-0.3, -0.25) is 0 Å². The molecule has 0 spiro atoms. The van der Waals surface area contributed by atoms with Crippen LogP contribution in [0.25, 0.3) is 0 Å². The van der Waals surface area contributed by atoms with E-state index in [-0.39, 0.29) is 6.09 Å². The third-order valence-electron chi connectivity index (χ3n) is 4.65. The van der Waals surface area contributed by atoms with Crippen LogP contribution in [0.3, 0.4) is 0 Å². The summed E-state index contributed by atoms with van der Waals surface area (Å²) in [6.07, 6.45) is 5.99. The lowest BCUT2D eigenvalue weighted by Crippen LogP contribution is -2.44. The van der Waals surface area contributed by atoms with Crippen LogP contribution in [0.5, 0.6) is 0 Å². The van der Waals surface area contributed by atoms with Crippen LogP contribution in [0.15, 0.2) is 0 Å². The molecule has 0 aromatic rings. The number of nitrogens with one attached hydrogen (secondary N) is 1. The summed E-state index contributed by atoms with van der Waals surface area (Å²) in [6.45, 7) is 12.1. The number of hydrogen-bond acceptors (Lipinski definition) is 3. The highest BCUT2D eigenvalue weighted by Gasteiger charge is 2.32. The van der Waals surface area contributed by atoms with E-state index >= 15 is 0 Å². The molecule has 1 atom stereocenters. The van der Waals surface area contributed by atoms with E-state index in [1.54, 1.807) is 0 Å². The second-order valence-electron chi connectivity index (χ2n) is 8.52. The molecule has 1 saturated carbocycles. The fraction of sp³-hybridized carbons (Fsp3) is 0.941. The molecule has 0 bridgehead atoms. The van der Waals surface area contributed by atoms with Crippen molar-refractivity contribution in [2.75, 3.05) is 13.1 Å². The van der Waals surface area contributed by atoms with Crippen LogP contribution in [0.4, 0.5) is 4.79 Å². The number of carbonyl (C=O) groups excluding carboxylic acids is 1. The summed E-state index contributed by atoms with van der Waals surface area (Å²) in [4.78, 5) is 13.9. The summed E-state index contributed by atoms with van der Waals surface area (Å²) in [5.41, 5.74) is 0.105. The second-order valence-corrected chi connectivity index (χ2v) is 8.52. The summed E-state index contributed by atoms with van der Waals surface area (Å²) in [6, 6.07) is 1.06. The lowest BCUT2D eigenvalue weighted by molar-refractivity contribution is 0.0290. The maximum Gasteiger partial charge on any atom is 0.410 e. The van der Waals surface area contributed by atoms with Gasteiger partial charge in [-0.05, 0) is 58.3 Å². The third-order valence-corrected chi connectivity index (χ3v) is 4.65. The molecule has 0 aromatic carbocycles. The van der Waals surface area contributed by atoms with Crippen molar-refractivity contribution >= 4 is 6.09 Å². The topological polar surface area (TPSA) is 41.6 Å². The molecule has 0 aromatic heterocycles. The molecule has 122 valence electrons. The molecule has 2 fully saturated rings. The first-order chi connectivity index (χ1) is 9.65. The van der Waals surface area contributed by atoms with Crippen LogP contribution in [-0.2, 0) is 4.74 Å². The molecule has 1 amide bonds. The van der Waals surface area contributed by atoms with Gasteiger partial charge in [0.15, 0.2) is 0 Å². The smallest absolute Gasteiger partial charge is 0.410 e. The predicted octanol–water partition coefficient (Wildman–Crippen LogP) is 3.55. The third kappa shape index (κ3) is 5.17. The van der Waals surface area contributed by atoms with Gasteiger partial charge in [0.2, 0.25) is 0 Å². The van der Waals surface area contributed by atoms with Gasteiger partial charge in [0.1, 0.15) is 5.60 Å². The van der Waals surface area contributed by atoms with Gasteiger partial charge in [0.25, 0.3) is 0 Å². The summed E-state index contributed by atoms with van der Waals surface area (Å²) in [5, 5.41) is 3.75. The Balaban J connectivity index is 1.74. The van der Waals surface area contributed by atoms with E-state index in [0.29, 0.717) is 17.5 Å². The SMILES string of the molecule is CC1(C)CCC(N[C@H]2CCN(C(=O)OC(C)(C)C)C2)CC1. The molecular formula is C17H32N2O2. The van der Waals surface area contributed by atoms with Gasteiger partial charge < -0.3 is 15.0 Å². The highest BCUT2D eigenvalue weighted by atomic mass is 16.6. The van der Waals surface area contributed by atoms with E-state index in [2.05, 4.69) is 19.2 Å². The van der Waals surface area contributed by atoms with Gasteiger partial charge in [0, 0.05) is 25.2 Å². The number of ether oxygens (including phenoxy) is 1. The quantitative estimate of drug-likeness (QED) is 0.847. The van der Waals surface area contributed by atoms with E-state index in [1.165, 1.54) is 25.7 Å². The Hall–Kier alpha value is -0.770. The van der Waals surface area contributed by atoms with Crippen LogP contribution >= 0.6 is 0 Å². The van der Waals surface area contributed by atoms with Crippen molar-refractivity contribution in [1.82, 2.24) is 10.2 Å². The van der Waals surface area contributed by atoms with Crippen molar-refractivity contribution < 1.29 is 9.53 Å². The van der Waals surface area contributed by atoms with E-state index < -0.39 is 5.60 Å². The average Bonchev–Trinajstić information content (AvgIpc) is 2.78. The van der Waals surface area contributed by atoms with Crippen LogP contribution < -0.4 is 5.32 Å². The molecule has 0 unspecified atom stereocenters. The minimum atomic E-state index is -0.405. The first-order valence-electron chi connectivity index (χ1n) is 8.39.